The number of carbonyl (C=O) groups excluding carboxylic acids is 1. The Bertz CT molecular complexity index is 304. The fourth-order valence-electron chi connectivity index (χ4n) is 0.757. The molecule has 0 amide bonds. The van der Waals surface area contributed by atoms with Crippen molar-refractivity contribution in [2.45, 2.75) is 6.54 Å². The van der Waals surface area contributed by atoms with E-state index in [0.717, 1.165) is 0 Å². The summed E-state index contributed by atoms with van der Waals surface area (Å²) in [5.41, 5.74) is 5.89. The van der Waals surface area contributed by atoms with Gasteiger partial charge in [-0.3, -0.25) is 0 Å². The molecule has 0 fully saturated rings. The molecule has 0 radical (unpaired) electrons. The van der Waals surface area contributed by atoms with Crippen LogP contribution in [0.4, 0.5) is 0 Å². The van der Waals surface area contributed by atoms with Crippen LogP contribution in [0.3, 0.4) is 0 Å². The first-order valence-corrected chi connectivity index (χ1v) is 3.59. The molecule has 0 aliphatic heterocycles. The molecule has 0 unspecified atom stereocenters. The molecule has 0 atom stereocenters. The maximum atomic E-state index is 10.7. The van der Waals surface area contributed by atoms with Gasteiger partial charge in [0.25, 0.3) is 0 Å². The molecule has 13 heavy (non-hydrogen) atoms. The monoisotopic (exact) mass is 182 g/mol. The number of hydrogen-bond donors (Lipinski definition) is 1. The van der Waals surface area contributed by atoms with E-state index >= 15 is 0 Å². The predicted molar refractivity (Wildman–Crippen MR) is 44.3 cm³/mol. The number of nitrogens with two attached hydrogens (primary N) is 1. The van der Waals surface area contributed by atoms with Crippen molar-refractivity contribution in [3.05, 3.63) is 24.4 Å². The van der Waals surface area contributed by atoms with Gasteiger partial charge in [0.05, 0.1) is 13.7 Å². The van der Waals surface area contributed by atoms with Gasteiger partial charge in [-0.05, 0) is 0 Å². The fourth-order valence-corrected chi connectivity index (χ4v) is 0.757. The van der Waals surface area contributed by atoms with Crippen molar-refractivity contribution in [2.24, 2.45) is 5.73 Å². The summed E-state index contributed by atoms with van der Waals surface area (Å²) in [4.78, 5) is 14.5. The molecule has 1 heterocycles. The van der Waals surface area contributed by atoms with E-state index in [1.807, 2.05) is 0 Å². The second kappa shape index (κ2) is 4.24. The van der Waals surface area contributed by atoms with Gasteiger partial charge in [-0.25, -0.2) is 14.5 Å². The lowest BCUT2D eigenvalue weighted by molar-refractivity contribution is -0.134. The summed E-state index contributed by atoms with van der Waals surface area (Å²) in [7, 11) is 1.29. The van der Waals surface area contributed by atoms with E-state index in [1.54, 1.807) is 0 Å². The van der Waals surface area contributed by atoms with Gasteiger partial charge >= 0.3 is 5.97 Å². The van der Waals surface area contributed by atoms with E-state index in [9.17, 15) is 4.79 Å². The van der Waals surface area contributed by atoms with E-state index in [4.69, 9.17) is 5.73 Å². The number of allylic oxidation sites excluding steroid dienone is 1. The van der Waals surface area contributed by atoms with Crippen molar-refractivity contribution in [3.8, 4) is 0 Å². The van der Waals surface area contributed by atoms with Crippen LogP contribution in [0.15, 0.2) is 24.4 Å². The molecule has 0 aliphatic rings. The Labute approximate surface area is 75.0 Å². The van der Waals surface area contributed by atoms with Crippen molar-refractivity contribution < 1.29 is 9.53 Å². The number of methoxy groups -OCH3 is 1. The molecule has 0 aromatic carbocycles. The minimum Gasteiger partial charge on any atom is -0.466 e. The molecule has 0 bridgehead atoms. The van der Waals surface area contributed by atoms with Crippen molar-refractivity contribution >= 4 is 5.97 Å². The molecule has 1 aromatic rings. The largest absolute Gasteiger partial charge is 0.466 e. The van der Waals surface area contributed by atoms with Gasteiger partial charge in [-0.2, -0.15) is 5.10 Å². The lowest BCUT2D eigenvalue weighted by atomic mass is 10.4. The van der Waals surface area contributed by atoms with Gasteiger partial charge in [0, 0.05) is 11.8 Å². The third-order valence-electron chi connectivity index (χ3n) is 1.32. The fraction of sp³-hybridized carbons (Fsp3) is 0.286. The Kier molecular flexibility index (Phi) is 3.02. The first-order valence-electron chi connectivity index (χ1n) is 3.59. The summed E-state index contributed by atoms with van der Waals surface area (Å²) in [5, 5.41) is 3.82. The topological polar surface area (TPSA) is 83.0 Å². The first kappa shape index (κ1) is 9.24. The number of nitrogens with zero attached hydrogens (tertiary/aromatic N) is 3. The van der Waals surface area contributed by atoms with Crippen LogP contribution in [0.25, 0.3) is 0 Å². The molecule has 70 valence electrons. The van der Waals surface area contributed by atoms with Crippen LogP contribution < -0.4 is 5.73 Å². The summed E-state index contributed by atoms with van der Waals surface area (Å²) in [6.07, 6.45) is 4.12. The summed E-state index contributed by atoms with van der Waals surface area (Å²) < 4.78 is 5.91. The highest BCUT2D eigenvalue weighted by molar-refractivity contribution is 5.82. The zero-order valence-electron chi connectivity index (χ0n) is 7.17. The minimum absolute atomic E-state index is 0.328. The van der Waals surface area contributed by atoms with E-state index in [2.05, 4.69) is 14.8 Å². The SMILES string of the molecule is COC(=O)C=C(N)Cn1cncn1. The number of esters is 1. The maximum Gasteiger partial charge on any atom is 0.332 e. The quantitative estimate of drug-likeness (QED) is 0.493. The summed E-state index contributed by atoms with van der Waals surface area (Å²) in [6, 6.07) is 0. The van der Waals surface area contributed by atoms with Gasteiger partial charge in [0.15, 0.2) is 0 Å². The van der Waals surface area contributed by atoms with Gasteiger partial charge < -0.3 is 10.5 Å². The Morgan fingerprint density at radius 2 is 2.54 bits per heavy atom. The molecular formula is C7H10N4O2. The van der Waals surface area contributed by atoms with Crippen LogP contribution in [0.1, 0.15) is 0 Å². The van der Waals surface area contributed by atoms with Gasteiger partial charge in [0.1, 0.15) is 12.7 Å². The molecule has 1 aromatic heterocycles. The lowest BCUT2D eigenvalue weighted by Crippen LogP contribution is -2.11. The summed E-state index contributed by atoms with van der Waals surface area (Å²) in [6.45, 7) is 0.328. The molecular weight excluding hydrogens is 172 g/mol. The Balaban J connectivity index is 2.55. The maximum absolute atomic E-state index is 10.7. The standard InChI is InChI=1S/C7H10N4O2/c1-13-7(12)2-6(8)3-11-5-9-4-10-11/h2,4-5H,3,8H2,1H3. The van der Waals surface area contributed by atoms with E-state index < -0.39 is 5.97 Å². The second-order valence-electron chi connectivity index (χ2n) is 2.34. The molecule has 0 saturated carbocycles. The van der Waals surface area contributed by atoms with E-state index in [1.165, 1.54) is 30.5 Å². The Hall–Kier alpha value is -1.85. The Morgan fingerprint density at radius 1 is 1.77 bits per heavy atom. The average molecular weight is 182 g/mol. The number of hydrogen-bond acceptors (Lipinski definition) is 5. The van der Waals surface area contributed by atoms with E-state index in [-0.39, 0.29) is 0 Å². The molecule has 0 spiro atoms. The lowest BCUT2D eigenvalue weighted by Gasteiger charge is -1.99. The highest BCUT2D eigenvalue weighted by Gasteiger charge is 1.98. The van der Waals surface area contributed by atoms with Crippen LogP contribution in [-0.2, 0) is 16.1 Å². The third kappa shape index (κ3) is 2.94. The van der Waals surface area contributed by atoms with Crippen LogP contribution in [0.5, 0.6) is 0 Å². The molecule has 6 heteroatoms. The zero-order chi connectivity index (χ0) is 9.68. The van der Waals surface area contributed by atoms with Gasteiger partial charge in [0.2, 0.25) is 0 Å². The summed E-state index contributed by atoms with van der Waals surface area (Å²) >= 11 is 0. The highest BCUT2D eigenvalue weighted by atomic mass is 16.5. The van der Waals surface area contributed by atoms with Crippen molar-refractivity contribution in [3.63, 3.8) is 0 Å². The zero-order valence-corrected chi connectivity index (χ0v) is 7.17. The number of rotatable bonds is 3. The van der Waals surface area contributed by atoms with E-state index in [0.29, 0.717) is 12.2 Å². The predicted octanol–water partition coefficient (Wildman–Crippen LogP) is -0.706. The van der Waals surface area contributed by atoms with Crippen molar-refractivity contribution in [1.29, 1.82) is 0 Å². The Morgan fingerprint density at radius 3 is 3.08 bits per heavy atom. The molecule has 0 aliphatic carbocycles. The van der Waals surface area contributed by atoms with Crippen LogP contribution in [0, 0.1) is 0 Å². The normalized spacial score (nSPS) is 11.3. The molecule has 6 nitrogen and oxygen atoms in total. The van der Waals surface area contributed by atoms with Gasteiger partial charge in [-0.15, -0.1) is 0 Å². The average Bonchev–Trinajstić information content (AvgIpc) is 2.56. The smallest absolute Gasteiger partial charge is 0.332 e. The molecule has 0 saturated heterocycles. The van der Waals surface area contributed by atoms with Crippen LogP contribution in [-0.4, -0.2) is 27.8 Å². The summed E-state index contributed by atoms with van der Waals surface area (Å²) in [5.74, 6) is -0.474. The molecule has 2 N–H and O–H groups in total. The third-order valence-corrected chi connectivity index (χ3v) is 1.32. The van der Waals surface area contributed by atoms with Crippen LogP contribution in [0.2, 0.25) is 0 Å². The number of carbonyl (C=O) groups is 1. The second-order valence-corrected chi connectivity index (χ2v) is 2.34. The first-order chi connectivity index (χ1) is 6.22. The van der Waals surface area contributed by atoms with Crippen LogP contribution >= 0.6 is 0 Å². The number of aromatic nitrogens is 3. The molecule has 1 rings (SSSR count). The van der Waals surface area contributed by atoms with Crippen molar-refractivity contribution in [1.82, 2.24) is 14.8 Å². The van der Waals surface area contributed by atoms with Gasteiger partial charge in [-0.1, -0.05) is 0 Å². The minimum atomic E-state index is -0.474. The van der Waals surface area contributed by atoms with Crippen molar-refractivity contribution in [2.75, 3.05) is 7.11 Å². The number of ether oxygens (including phenoxy) is 1. The highest BCUT2D eigenvalue weighted by Crippen LogP contribution is 1.90.